The van der Waals surface area contributed by atoms with Gasteiger partial charge in [0.1, 0.15) is 5.75 Å². The van der Waals surface area contributed by atoms with E-state index in [-0.39, 0.29) is 22.6 Å². The van der Waals surface area contributed by atoms with Crippen LogP contribution in [0.2, 0.25) is 0 Å². The number of phenolic OH excluding ortho intramolecular Hbond substituents is 2. The zero-order chi connectivity index (χ0) is 9.59. The van der Waals surface area contributed by atoms with Crippen LogP contribution in [0, 0.1) is 6.92 Å². The zero-order valence-electron chi connectivity index (χ0n) is 7.00. The molecule has 13 heavy (non-hydrogen) atoms. The molecule has 0 aliphatic heterocycles. The van der Waals surface area contributed by atoms with Gasteiger partial charge in [0.25, 0.3) is 0 Å². The van der Waals surface area contributed by atoms with E-state index in [1.165, 1.54) is 6.07 Å². The van der Waals surface area contributed by atoms with Gasteiger partial charge in [0.15, 0.2) is 11.5 Å². The van der Waals surface area contributed by atoms with Crippen LogP contribution in [-0.4, -0.2) is 20.3 Å². The normalized spacial score (nSPS) is 10.8. The van der Waals surface area contributed by atoms with Crippen molar-refractivity contribution in [3.8, 4) is 17.2 Å². The molecule has 1 aromatic heterocycles. The predicted octanol–water partition coefficient (Wildman–Crippen LogP) is 1.59. The summed E-state index contributed by atoms with van der Waals surface area (Å²) >= 11 is 0. The van der Waals surface area contributed by atoms with E-state index >= 15 is 0 Å². The van der Waals surface area contributed by atoms with Gasteiger partial charge in [0, 0.05) is 0 Å². The zero-order valence-corrected chi connectivity index (χ0v) is 7.00. The number of hydrogen-bond donors (Lipinski definition) is 4. The van der Waals surface area contributed by atoms with Crippen LogP contribution >= 0.6 is 0 Å². The smallest absolute Gasteiger partial charge is 0.170 e. The summed E-state index contributed by atoms with van der Waals surface area (Å²) in [7, 11) is 0. The number of aromatic hydroxyl groups is 3. The van der Waals surface area contributed by atoms with Crippen molar-refractivity contribution in [2.45, 2.75) is 6.92 Å². The summed E-state index contributed by atoms with van der Waals surface area (Å²) in [5.74, 6) is -0.551. The fourth-order valence-corrected chi connectivity index (χ4v) is 1.37. The van der Waals surface area contributed by atoms with Crippen LogP contribution in [0.4, 0.5) is 0 Å². The van der Waals surface area contributed by atoms with Gasteiger partial charge < -0.3 is 20.3 Å². The van der Waals surface area contributed by atoms with Crippen molar-refractivity contribution in [3.63, 3.8) is 0 Å². The van der Waals surface area contributed by atoms with Crippen LogP contribution < -0.4 is 0 Å². The minimum absolute atomic E-state index is 0.0246. The van der Waals surface area contributed by atoms with Gasteiger partial charge in [-0.1, -0.05) is 0 Å². The van der Waals surface area contributed by atoms with E-state index in [9.17, 15) is 15.3 Å². The molecule has 68 valence electrons. The van der Waals surface area contributed by atoms with E-state index in [1.807, 2.05) is 0 Å². The molecule has 2 aromatic rings. The van der Waals surface area contributed by atoms with E-state index in [0.717, 1.165) is 0 Å². The highest BCUT2D eigenvalue weighted by molar-refractivity contribution is 5.94. The highest BCUT2D eigenvalue weighted by atomic mass is 16.3. The third kappa shape index (κ3) is 0.917. The lowest BCUT2D eigenvalue weighted by Gasteiger charge is -1.98. The van der Waals surface area contributed by atoms with E-state index in [2.05, 4.69) is 4.98 Å². The lowest BCUT2D eigenvalue weighted by Crippen LogP contribution is -1.71. The number of rotatable bonds is 0. The molecule has 0 atom stereocenters. The molecule has 0 aliphatic rings. The lowest BCUT2D eigenvalue weighted by molar-refractivity contribution is 0.405. The Bertz CT molecular complexity index is 473. The van der Waals surface area contributed by atoms with Crippen LogP contribution in [0.25, 0.3) is 10.9 Å². The average Bonchev–Trinajstić information content (AvgIpc) is 2.37. The number of phenols is 2. The molecule has 4 N–H and O–H groups in total. The van der Waals surface area contributed by atoms with Crippen LogP contribution in [0.1, 0.15) is 5.69 Å². The summed E-state index contributed by atoms with van der Waals surface area (Å²) in [6, 6.07) is 2.96. The quantitative estimate of drug-likeness (QED) is 0.464. The van der Waals surface area contributed by atoms with Crippen molar-refractivity contribution in [2.75, 3.05) is 0 Å². The monoisotopic (exact) mass is 179 g/mol. The maximum Gasteiger partial charge on any atom is 0.170 e. The van der Waals surface area contributed by atoms with Gasteiger partial charge in [-0.05, 0) is 19.1 Å². The first-order valence-corrected chi connectivity index (χ1v) is 3.83. The van der Waals surface area contributed by atoms with Gasteiger partial charge in [0.05, 0.1) is 16.6 Å². The van der Waals surface area contributed by atoms with Crippen molar-refractivity contribution < 1.29 is 15.3 Å². The van der Waals surface area contributed by atoms with Gasteiger partial charge in [-0.15, -0.1) is 0 Å². The first-order chi connectivity index (χ1) is 6.11. The fourth-order valence-electron chi connectivity index (χ4n) is 1.37. The van der Waals surface area contributed by atoms with Crippen molar-refractivity contribution in [2.24, 2.45) is 0 Å². The first-order valence-electron chi connectivity index (χ1n) is 3.83. The summed E-state index contributed by atoms with van der Waals surface area (Å²) in [5, 5.41) is 28.4. The fraction of sp³-hybridized carbons (Fsp3) is 0.111. The Morgan fingerprint density at radius 3 is 2.46 bits per heavy atom. The molecule has 0 radical (unpaired) electrons. The number of aryl methyl sites for hydroxylation is 1. The highest BCUT2D eigenvalue weighted by Crippen LogP contribution is 2.40. The number of benzene rings is 1. The maximum absolute atomic E-state index is 9.50. The topological polar surface area (TPSA) is 76.5 Å². The minimum atomic E-state index is -0.292. The third-order valence-corrected chi connectivity index (χ3v) is 2.07. The van der Waals surface area contributed by atoms with Crippen LogP contribution in [-0.2, 0) is 0 Å². The molecule has 0 saturated heterocycles. The van der Waals surface area contributed by atoms with E-state index < -0.39 is 0 Å². The molecule has 0 fully saturated rings. The van der Waals surface area contributed by atoms with Gasteiger partial charge in [-0.2, -0.15) is 0 Å². The molecule has 0 aliphatic carbocycles. The van der Waals surface area contributed by atoms with Crippen molar-refractivity contribution in [1.29, 1.82) is 0 Å². The molecule has 4 heteroatoms. The molecule has 1 heterocycles. The largest absolute Gasteiger partial charge is 0.505 e. The Balaban J connectivity index is 2.97. The summed E-state index contributed by atoms with van der Waals surface area (Å²) in [6.45, 7) is 1.69. The van der Waals surface area contributed by atoms with E-state index in [1.54, 1.807) is 13.0 Å². The highest BCUT2D eigenvalue weighted by Gasteiger charge is 2.13. The number of aromatic nitrogens is 1. The standard InChI is InChI=1S/C9H9NO3/c1-4-8(12)7-5(10-4)2-3-6(11)9(7)13/h2-3,10-13H,1H3. The molecule has 4 nitrogen and oxygen atoms in total. The Hall–Kier alpha value is -1.84. The molecule has 1 aromatic carbocycles. The summed E-state index contributed by atoms with van der Waals surface area (Å²) in [4.78, 5) is 2.87. The Morgan fingerprint density at radius 2 is 1.77 bits per heavy atom. The molecule has 0 spiro atoms. The van der Waals surface area contributed by atoms with E-state index in [4.69, 9.17) is 0 Å². The molecule has 2 rings (SSSR count). The molecular weight excluding hydrogens is 170 g/mol. The molecule has 0 saturated carbocycles. The van der Waals surface area contributed by atoms with Gasteiger partial charge in [-0.3, -0.25) is 0 Å². The van der Waals surface area contributed by atoms with Gasteiger partial charge >= 0.3 is 0 Å². The second kappa shape index (κ2) is 2.32. The molecule has 0 amide bonds. The maximum atomic E-state index is 9.50. The first kappa shape index (κ1) is 7.79. The van der Waals surface area contributed by atoms with Crippen molar-refractivity contribution >= 4 is 10.9 Å². The SMILES string of the molecule is Cc1[nH]c2ccc(O)c(O)c2c1O. The molecule has 0 unspecified atom stereocenters. The Kier molecular flexibility index (Phi) is 1.39. The van der Waals surface area contributed by atoms with Crippen LogP contribution in [0.15, 0.2) is 12.1 Å². The van der Waals surface area contributed by atoms with Crippen molar-refractivity contribution in [1.82, 2.24) is 4.98 Å². The predicted molar refractivity (Wildman–Crippen MR) is 48.0 cm³/mol. The third-order valence-electron chi connectivity index (χ3n) is 2.07. The van der Waals surface area contributed by atoms with Crippen molar-refractivity contribution in [3.05, 3.63) is 17.8 Å². The second-order valence-corrected chi connectivity index (χ2v) is 2.95. The van der Waals surface area contributed by atoms with Gasteiger partial charge in [0.2, 0.25) is 0 Å². The molecule has 0 bridgehead atoms. The Labute approximate surface area is 74.1 Å². The lowest BCUT2D eigenvalue weighted by atomic mass is 10.2. The number of nitrogens with one attached hydrogen (secondary N) is 1. The number of H-pyrrole nitrogens is 1. The van der Waals surface area contributed by atoms with Gasteiger partial charge in [-0.25, -0.2) is 0 Å². The number of fused-ring (bicyclic) bond motifs is 1. The van der Waals surface area contributed by atoms with E-state index in [0.29, 0.717) is 11.2 Å². The summed E-state index contributed by atoms with van der Waals surface area (Å²) < 4.78 is 0. The molecular formula is C9H9NO3. The van der Waals surface area contributed by atoms with Crippen LogP contribution in [0.5, 0.6) is 17.2 Å². The second-order valence-electron chi connectivity index (χ2n) is 2.95. The summed E-state index contributed by atoms with van der Waals surface area (Å²) in [5.41, 5.74) is 1.17. The number of aromatic amines is 1. The minimum Gasteiger partial charge on any atom is -0.505 e. The average molecular weight is 179 g/mol. The Morgan fingerprint density at radius 1 is 1.08 bits per heavy atom. The summed E-state index contributed by atoms with van der Waals surface area (Å²) in [6.07, 6.45) is 0. The number of hydrogen-bond acceptors (Lipinski definition) is 3. The van der Waals surface area contributed by atoms with Crippen LogP contribution in [0.3, 0.4) is 0 Å².